The van der Waals surface area contributed by atoms with Crippen LogP contribution in [-0.4, -0.2) is 23.1 Å². The normalized spacial score (nSPS) is 15.4. The number of hydrogen-bond donors (Lipinski definition) is 0. The molecule has 1 aliphatic heterocycles. The van der Waals surface area contributed by atoms with Crippen molar-refractivity contribution in [3.63, 3.8) is 0 Å². The molecule has 4 aromatic carbocycles. The zero-order valence-electron chi connectivity index (χ0n) is 18.3. The van der Waals surface area contributed by atoms with Gasteiger partial charge in [0.25, 0.3) is 5.91 Å². The molecule has 4 aromatic rings. The average Bonchev–Trinajstić information content (AvgIpc) is 3.39. The zero-order valence-corrected chi connectivity index (χ0v) is 19.1. The lowest BCUT2D eigenvalue weighted by Crippen LogP contribution is -2.30. The first-order valence-corrected chi connectivity index (χ1v) is 12.2. The third kappa shape index (κ3) is 4.96. The Kier molecular flexibility index (Phi) is 6.45. The molecule has 4 heteroatoms. The molecule has 0 aliphatic carbocycles. The Hall–Kier alpha value is -3.50. The quantitative estimate of drug-likeness (QED) is 0.322. The highest BCUT2D eigenvalue weighted by molar-refractivity contribution is 7.99. The van der Waals surface area contributed by atoms with Crippen LogP contribution in [0.3, 0.4) is 0 Å². The van der Waals surface area contributed by atoms with Gasteiger partial charge in [-0.3, -0.25) is 4.79 Å². The van der Waals surface area contributed by atoms with Crippen molar-refractivity contribution in [2.24, 2.45) is 0 Å². The Labute approximate surface area is 199 Å². The van der Waals surface area contributed by atoms with Crippen LogP contribution in [0.15, 0.2) is 109 Å². The van der Waals surface area contributed by atoms with Gasteiger partial charge >= 0.3 is 0 Å². The minimum Gasteiger partial charge on any atom is -0.489 e. The summed E-state index contributed by atoms with van der Waals surface area (Å²) in [5.74, 6) is 1.82. The van der Waals surface area contributed by atoms with E-state index in [2.05, 4.69) is 36.4 Å². The summed E-state index contributed by atoms with van der Waals surface area (Å²) in [5.41, 5.74) is 5.21. The molecule has 0 saturated carbocycles. The number of carbonyl (C=O) groups excluding carboxylic acids is 1. The Morgan fingerprint density at radius 1 is 0.818 bits per heavy atom. The van der Waals surface area contributed by atoms with Crippen molar-refractivity contribution in [3.8, 4) is 16.9 Å². The summed E-state index contributed by atoms with van der Waals surface area (Å²) in [5, 5.41) is -0.00780. The van der Waals surface area contributed by atoms with Gasteiger partial charge in [-0.15, -0.1) is 11.8 Å². The van der Waals surface area contributed by atoms with Crippen LogP contribution >= 0.6 is 11.8 Å². The van der Waals surface area contributed by atoms with Gasteiger partial charge in [-0.2, -0.15) is 0 Å². The molecule has 0 aromatic heterocycles. The minimum absolute atomic E-state index is 0.00780. The lowest BCUT2D eigenvalue weighted by molar-refractivity contribution is 0.0760. The van der Waals surface area contributed by atoms with Crippen molar-refractivity contribution in [2.45, 2.75) is 12.0 Å². The van der Waals surface area contributed by atoms with Crippen molar-refractivity contribution in [1.82, 2.24) is 4.90 Å². The second-order valence-electron chi connectivity index (χ2n) is 8.01. The topological polar surface area (TPSA) is 29.5 Å². The van der Waals surface area contributed by atoms with E-state index in [4.69, 9.17) is 4.74 Å². The van der Waals surface area contributed by atoms with Crippen LogP contribution in [0.5, 0.6) is 5.75 Å². The summed E-state index contributed by atoms with van der Waals surface area (Å²) >= 11 is 1.80. The number of rotatable bonds is 6. The summed E-state index contributed by atoms with van der Waals surface area (Å²) in [6, 6.07) is 36.4. The Morgan fingerprint density at radius 3 is 2.27 bits per heavy atom. The highest BCUT2D eigenvalue weighted by Crippen LogP contribution is 2.40. The van der Waals surface area contributed by atoms with Gasteiger partial charge in [-0.25, -0.2) is 0 Å². The van der Waals surface area contributed by atoms with Crippen LogP contribution in [0, 0.1) is 0 Å². The van der Waals surface area contributed by atoms with Gasteiger partial charge in [0, 0.05) is 17.9 Å². The van der Waals surface area contributed by atoms with E-state index in [0.717, 1.165) is 45.9 Å². The lowest BCUT2D eigenvalue weighted by atomic mass is 10.0. The summed E-state index contributed by atoms with van der Waals surface area (Å²) in [7, 11) is 0. The predicted molar refractivity (Wildman–Crippen MR) is 135 cm³/mol. The monoisotopic (exact) mass is 451 g/mol. The van der Waals surface area contributed by atoms with Gasteiger partial charge < -0.3 is 9.64 Å². The van der Waals surface area contributed by atoms with E-state index in [9.17, 15) is 4.79 Å². The van der Waals surface area contributed by atoms with Gasteiger partial charge in [-0.1, -0.05) is 84.9 Å². The molecule has 1 heterocycles. The predicted octanol–water partition coefficient (Wildman–Crippen LogP) is 6.82. The van der Waals surface area contributed by atoms with Gasteiger partial charge in [0.05, 0.1) is 0 Å². The van der Waals surface area contributed by atoms with Gasteiger partial charge in [0.2, 0.25) is 0 Å². The molecule has 1 fully saturated rings. The Bertz CT molecular complexity index is 1210. The average molecular weight is 452 g/mol. The third-order valence-electron chi connectivity index (χ3n) is 5.78. The maximum absolute atomic E-state index is 13.4. The molecular formula is C29H25NO2S. The third-order valence-corrected chi connectivity index (χ3v) is 7.04. The molecule has 1 atom stereocenters. The van der Waals surface area contributed by atoms with Crippen LogP contribution in [-0.2, 0) is 6.61 Å². The Morgan fingerprint density at radius 2 is 1.52 bits per heavy atom. The van der Waals surface area contributed by atoms with E-state index in [1.54, 1.807) is 11.8 Å². The maximum atomic E-state index is 13.4. The van der Waals surface area contributed by atoms with Crippen molar-refractivity contribution in [1.29, 1.82) is 0 Å². The molecular weight excluding hydrogens is 426 g/mol. The molecule has 0 radical (unpaired) electrons. The number of hydrogen-bond acceptors (Lipinski definition) is 3. The number of amides is 1. The number of nitrogens with zero attached hydrogens (tertiary/aromatic N) is 1. The highest BCUT2D eigenvalue weighted by Gasteiger charge is 2.31. The van der Waals surface area contributed by atoms with Crippen LogP contribution in [0.4, 0.5) is 0 Å². The lowest BCUT2D eigenvalue weighted by Gasteiger charge is -2.24. The second kappa shape index (κ2) is 9.97. The van der Waals surface area contributed by atoms with Crippen molar-refractivity contribution in [2.75, 3.05) is 12.3 Å². The summed E-state index contributed by atoms with van der Waals surface area (Å²) < 4.78 is 6.02. The van der Waals surface area contributed by atoms with Crippen molar-refractivity contribution >= 4 is 17.7 Å². The molecule has 5 rings (SSSR count). The SMILES string of the molecule is O=C(c1ccc(-c2ccccc2)cc1)N1CCSC1c1cccc(OCc2ccccc2)c1. The van der Waals surface area contributed by atoms with E-state index >= 15 is 0 Å². The zero-order chi connectivity index (χ0) is 22.5. The summed E-state index contributed by atoms with van der Waals surface area (Å²) in [6.07, 6.45) is 0. The number of thioether (sulfide) groups is 1. The van der Waals surface area contributed by atoms with Crippen LogP contribution in [0.2, 0.25) is 0 Å². The number of benzene rings is 4. The Balaban J connectivity index is 1.30. The van der Waals surface area contributed by atoms with Gasteiger partial charge in [0.1, 0.15) is 17.7 Å². The van der Waals surface area contributed by atoms with Crippen LogP contribution in [0.25, 0.3) is 11.1 Å². The van der Waals surface area contributed by atoms with E-state index in [-0.39, 0.29) is 11.3 Å². The van der Waals surface area contributed by atoms with E-state index in [1.807, 2.05) is 77.7 Å². The largest absolute Gasteiger partial charge is 0.489 e. The number of ether oxygens (including phenoxy) is 1. The molecule has 3 nitrogen and oxygen atoms in total. The molecule has 1 saturated heterocycles. The molecule has 0 bridgehead atoms. The highest BCUT2D eigenvalue weighted by atomic mass is 32.2. The first-order valence-electron chi connectivity index (χ1n) is 11.1. The van der Waals surface area contributed by atoms with E-state index in [0.29, 0.717) is 6.61 Å². The molecule has 1 amide bonds. The van der Waals surface area contributed by atoms with Crippen molar-refractivity contribution < 1.29 is 9.53 Å². The first kappa shape index (κ1) is 21.4. The van der Waals surface area contributed by atoms with Crippen LogP contribution in [0.1, 0.15) is 26.9 Å². The molecule has 0 spiro atoms. The first-order chi connectivity index (χ1) is 16.3. The fraction of sp³-hybridized carbons (Fsp3) is 0.138. The van der Waals surface area contributed by atoms with E-state index in [1.165, 1.54) is 0 Å². The molecule has 1 unspecified atom stereocenters. The van der Waals surface area contributed by atoms with Gasteiger partial charge in [0.15, 0.2) is 0 Å². The molecule has 1 aliphatic rings. The fourth-order valence-corrected chi connectivity index (χ4v) is 5.30. The second-order valence-corrected chi connectivity index (χ2v) is 9.20. The molecule has 33 heavy (non-hydrogen) atoms. The standard InChI is InChI=1S/C29H25NO2S/c31-28(25-16-14-24(15-17-25)23-10-5-2-6-11-23)30-18-19-33-29(30)26-12-7-13-27(20-26)32-21-22-8-3-1-4-9-22/h1-17,20,29H,18-19,21H2. The maximum Gasteiger partial charge on any atom is 0.255 e. The summed E-state index contributed by atoms with van der Waals surface area (Å²) in [4.78, 5) is 15.3. The van der Waals surface area contributed by atoms with Crippen LogP contribution < -0.4 is 4.74 Å². The van der Waals surface area contributed by atoms with Crippen molar-refractivity contribution in [3.05, 3.63) is 126 Å². The minimum atomic E-state index is -0.00780. The number of carbonyl (C=O) groups is 1. The fourth-order valence-electron chi connectivity index (χ4n) is 4.05. The molecule has 164 valence electrons. The van der Waals surface area contributed by atoms with E-state index < -0.39 is 0 Å². The molecule has 0 N–H and O–H groups in total. The van der Waals surface area contributed by atoms with Gasteiger partial charge in [-0.05, 0) is 46.5 Å². The smallest absolute Gasteiger partial charge is 0.255 e. The summed E-state index contributed by atoms with van der Waals surface area (Å²) in [6.45, 7) is 1.27.